The number of rotatable bonds is 7. The summed E-state index contributed by atoms with van der Waals surface area (Å²) in [6.45, 7) is 2.83. The lowest BCUT2D eigenvalue weighted by Crippen LogP contribution is -2.42. The highest BCUT2D eigenvalue weighted by atomic mass is 32.2. The fraction of sp³-hybridized carbons (Fsp3) is 0.652. The van der Waals surface area contributed by atoms with Crippen LogP contribution in [0.4, 0.5) is 5.95 Å². The molecule has 0 spiro atoms. The van der Waals surface area contributed by atoms with Crippen LogP contribution >= 0.6 is 0 Å². The molecule has 7 nitrogen and oxygen atoms in total. The van der Waals surface area contributed by atoms with Crippen molar-refractivity contribution in [2.75, 3.05) is 24.2 Å². The smallest absolute Gasteiger partial charge is 0.229 e. The van der Waals surface area contributed by atoms with Crippen molar-refractivity contribution >= 4 is 32.9 Å². The SMILES string of the molecule is CCCCS(=O)(=O)N1CCC(C(=O)Nc2nc3ccccc3n2C2CCCCC2)CC1. The first kappa shape index (κ1) is 22.3. The molecule has 1 amide bonds. The number of nitrogens with one attached hydrogen (secondary N) is 1. The monoisotopic (exact) mass is 446 g/mol. The van der Waals surface area contributed by atoms with Crippen LogP contribution in [-0.4, -0.2) is 47.0 Å². The molecule has 1 aromatic heterocycles. The average molecular weight is 447 g/mol. The van der Waals surface area contributed by atoms with Crippen molar-refractivity contribution in [3.63, 3.8) is 0 Å². The van der Waals surface area contributed by atoms with E-state index in [9.17, 15) is 13.2 Å². The predicted molar refractivity (Wildman–Crippen MR) is 123 cm³/mol. The van der Waals surface area contributed by atoms with E-state index in [1.165, 1.54) is 19.3 Å². The number of piperidine rings is 1. The van der Waals surface area contributed by atoms with Gasteiger partial charge >= 0.3 is 0 Å². The van der Waals surface area contributed by atoms with Crippen LogP contribution in [0.3, 0.4) is 0 Å². The number of carbonyl (C=O) groups excluding carboxylic acids is 1. The van der Waals surface area contributed by atoms with E-state index in [2.05, 4.69) is 16.0 Å². The molecule has 2 aromatic rings. The summed E-state index contributed by atoms with van der Waals surface area (Å²) in [7, 11) is -3.21. The van der Waals surface area contributed by atoms with E-state index >= 15 is 0 Å². The summed E-state index contributed by atoms with van der Waals surface area (Å²) in [5, 5.41) is 3.10. The van der Waals surface area contributed by atoms with Gasteiger partial charge in [0.1, 0.15) is 0 Å². The Hall–Kier alpha value is -1.93. The molecule has 170 valence electrons. The Morgan fingerprint density at radius 2 is 1.81 bits per heavy atom. The molecule has 0 radical (unpaired) electrons. The van der Waals surface area contributed by atoms with Gasteiger partial charge in [0.2, 0.25) is 21.9 Å². The maximum atomic E-state index is 13.1. The molecule has 8 heteroatoms. The lowest BCUT2D eigenvalue weighted by atomic mass is 9.95. The standard InChI is InChI=1S/C23H34N4O3S/c1-2-3-17-31(29,30)26-15-13-18(14-16-26)22(28)25-23-24-20-11-7-8-12-21(20)27(23)19-9-5-4-6-10-19/h7-8,11-12,18-19H,2-6,9-10,13-17H2,1H3,(H,24,25,28). The Morgan fingerprint density at radius 3 is 2.52 bits per heavy atom. The van der Waals surface area contributed by atoms with Gasteiger partial charge in [-0.1, -0.05) is 44.7 Å². The van der Waals surface area contributed by atoms with Gasteiger partial charge in [0.15, 0.2) is 0 Å². The van der Waals surface area contributed by atoms with E-state index in [0.717, 1.165) is 30.3 Å². The number of para-hydroxylation sites is 2. The fourth-order valence-electron chi connectivity index (χ4n) is 4.91. The molecular formula is C23H34N4O3S. The second-order valence-electron chi connectivity index (χ2n) is 8.92. The highest BCUT2D eigenvalue weighted by Gasteiger charge is 2.32. The minimum Gasteiger partial charge on any atom is -0.307 e. The van der Waals surface area contributed by atoms with Gasteiger partial charge in [0.05, 0.1) is 16.8 Å². The van der Waals surface area contributed by atoms with E-state index < -0.39 is 10.0 Å². The lowest BCUT2D eigenvalue weighted by molar-refractivity contribution is -0.121. The molecule has 1 aromatic carbocycles. The van der Waals surface area contributed by atoms with Crippen LogP contribution in [0.1, 0.15) is 70.8 Å². The van der Waals surface area contributed by atoms with Crippen LogP contribution in [0, 0.1) is 5.92 Å². The summed E-state index contributed by atoms with van der Waals surface area (Å²) in [6, 6.07) is 8.42. The van der Waals surface area contributed by atoms with Crippen LogP contribution < -0.4 is 5.32 Å². The molecule has 1 saturated carbocycles. The summed E-state index contributed by atoms with van der Waals surface area (Å²) in [4.78, 5) is 17.8. The zero-order valence-electron chi connectivity index (χ0n) is 18.4. The number of hydrogen-bond donors (Lipinski definition) is 1. The highest BCUT2D eigenvalue weighted by Crippen LogP contribution is 2.34. The van der Waals surface area contributed by atoms with Crippen LogP contribution in [0.25, 0.3) is 11.0 Å². The van der Waals surface area contributed by atoms with E-state index in [1.54, 1.807) is 4.31 Å². The molecule has 1 saturated heterocycles. The molecule has 4 rings (SSSR count). The molecule has 0 bridgehead atoms. The van der Waals surface area contributed by atoms with Gasteiger partial charge in [-0.25, -0.2) is 17.7 Å². The van der Waals surface area contributed by atoms with E-state index in [4.69, 9.17) is 4.98 Å². The van der Waals surface area contributed by atoms with Gasteiger partial charge < -0.3 is 4.57 Å². The summed E-state index contributed by atoms with van der Waals surface area (Å²) in [5.41, 5.74) is 1.97. The number of imidazole rings is 1. The Morgan fingerprint density at radius 1 is 1.10 bits per heavy atom. The molecule has 2 fully saturated rings. The number of carbonyl (C=O) groups is 1. The van der Waals surface area contributed by atoms with Gasteiger partial charge in [0.25, 0.3) is 0 Å². The Kier molecular flexibility index (Phi) is 6.96. The van der Waals surface area contributed by atoms with Gasteiger partial charge in [-0.05, 0) is 44.2 Å². The predicted octanol–water partition coefficient (Wildman–Crippen LogP) is 4.32. The van der Waals surface area contributed by atoms with Gasteiger partial charge in [-0.3, -0.25) is 10.1 Å². The van der Waals surface area contributed by atoms with E-state index in [0.29, 0.717) is 44.3 Å². The maximum Gasteiger partial charge on any atom is 0.229 e. The van der Waals surface area contributed by atoms with Crippen molar-refractivity contribution in [2.45, 2.75) is 70.8 Å². The molecule has 2 aliphatic rings. The first-order valence-corrected chi connectivity index (χ1v) is 13.4. The normalized spacial score (nSPS) is 19.6. The minimum absolute atomic E-state index is 0.0435. The van der Waals surface area contributed by atoms with Crippen molar-refractivity contribution in [1.29, 1.82) is 0 Å². The van der Waals surface area contributed by atoms with E-state index in [-0.39, 0.29) is 17.6 Å². The number of amides is 1. The molecule has 31 heavy (non-hydrogen) atoms. The van der Waals surface area contributed by atoms with Gasteiger partial charge in [-0.2, -0.15) is 0 Å². The van der Waals surface area contributed by atoms with Crippen molar-refractivity contribution in [3.05, 3.63) is 24.3 Å². The number of hydrogen-bond acceptors (Lipinski definition) is 4. The van der Waals surface area contributed by atoms with Crippen LogP contribution in [0.5, 0.6) is 0 Å². The summed E-state index contributed by atoms with van der Waals surface area (Å²) in [6.07, 6.45) is 8.55. The van der Waals surface area contributed by atoms with Crippen molar-refractivity contribution in [3.8, 4) is 0 Å². The summed E-state index contributed by atoms with van der Waals surface area (Å²) < 4.78 is 28.7. The fourth-order valence-corrected chi connectivity index (χ4v) is 6.58. The Balaban J connectivity index is 1.46. The summed E-state index contributed by atoms with van der Waals surface area (Å²) >= 11 is 0. The number of aromatic nitrogens is 2. The average Bonchev–Trinajstić information content (AvgIpc) is 3.16. The van der Waals surface area contributed by atoms with Gasteiger partial charge in [-0.15, -0.1) is 0 Å². The molecule has 2 heterocycles. The summed E-state index contributed by atoms with van der Waals surface area (Å²) in [5.74, 6) is 0.609. The number of unbranched alkanes of at least 4 members (excludes halogenated alkanes) is 1. The molecule has 0 atom stereocenters. The molecule has 1 aliphatic carbocycles. The Bertz CT molecular complexity index is 1000. The Labute approximate surface area is 185 Å². The van der Waals surface area contributed by atoms with E-state index in [1.807, 2.05) is 25.1 Å². The first-order chi connectivity index (χ1) is 15.0. The number of fused-ring (bicyclic) bond motifs is 1. The highest BCUT2D eigenvalue weighted by molar-refractivity contribution is 7.89. The largest absolute Gasteiger partial charge is 0.307 e. The third-order valence-corrected chi connectivity index (χ3v) is 8.70. The zero-order chi connectivity index (χ0) is 21.8. The minimum atomic E-state index is -3.21. The second-order valence-corrected chi connectivity index (χ2v) is 11.0. The van der Waals surface area contributed by atoms with Crippen LogP contribution in [-0.2, 0) is 14.8 Å². The number of anilines is 1. The third kappa shape index (κ3) is 4.95. The van der Waals surface area contributed by atoms with Crippen molar-refractivity contribution in [2.24, 2.45) is 5.92 Å². The van der Waals surface area contributed by atoms with Crippen LogP contribution in [0.2, 0.25) is 0 Å². The molecule has 1 N–H and O–H groups in total. The van der Waals surface area contributed by atoms with Crippen molar-refractivity contribution < 1.29 is 13.2 Å². The first-order valence-electron chi connectivity index (χ1n) is 11.7. The molecular weight excluding hydrogens is 412 g/mol. The lowest BCUT2D eigenvalue weighted by Gasteiger charge is -2.31. The van der Waals surface area contributed by atoms with Gasteiger partial charge in [0, 0.05) is 25.0 Å². The maximum absolute atomic E-state index is 13.1. The van der Waals surface area contributed by atoms with Crippen molar-refractivity contribution in [1.82, 2.24) is 13.9 Å². The topological polar surface area (TPSA) is 84.3 Å². The van der Waals surface area contributed by atoms with Crippen LogP contribution in [0.15, 0.2) is 24.3 Å². The zero-order valence-corrected chi connectivity index (χ0v) is 19.2. The number of benzene rings is 1. The molecule has 1 aliphatic heterocycles. The third-order valence-electron chi connectivity index (χ3n) is 6.74. The second kappa shape index (κ2) is 9.69. The quantitative estimate of drug-likeness (QED) is 0.686. The number of nitrogens with zero attached hydrogens (tertiary/aromatic N) is 3. The molecule has 0 unspecified atom stereocenters. The number of sulfonamides is 1.